The van der Waals surface area contributed by atoms with Gasteiger partial charge in [-0.15, -0.1) is 11.3 Å². The predicted molar refractivity (Wildman–Crippen MR) is 68.6 cm³/mol. The molecule has 0 spiro atoms. The number of aliphatic hydroxyl groups is 1. The molecule has 0 saturated heterocycles. The van der Waals surface area contributed by atoms with Crippen molar-refractivity contribution in [3.63, 3.8) is 0 Å². The molecule has 1 saturated carbocycles. The Labute approximate surface area is 102 Å². The van der Waals surface area contributed by atoms with E-state index in [2.05, 4.69) is 22.8 Å². The smallest absolute Gasteiger partial charge is 0.0568 e. The molecule has 2 atom stereocenters. The highest BCUT2D eigenvalue weighted by Crippen LogP contribution is 2.28. The summed E-state index contributed by atoms with van der Waals surface area (Å²) < 4.78 is 0. The molecule has 1 aromatic rings. The van der Waals surface area contributed by atoms with Crippen molar-refractivity contribution in [1.29, 1.82) is 0 Å². The summed E-state index contributed by atoms with van der Waals surface area (Å²) in [7, 11) is 0. The van der Waals surface area contributed by atoms with Gasteiger partial charge in [0.05, 0.1) is 6.10 Å². The number of nitrogens with one attached hydrogen (secondary N) is 1. The zero-order chi connectivity index (χ0) is 11.2. The molecule has 0 aromatic carbocycles. The second-order valence-electron chi connectivity index (χ2n) is 4.66. The largest absolute Gasteiger partial charge is 0.393 e. The average molecular weight is 239 g/mol. The molecule has 0 radical (unpaired) electrons. The minimum absolute atomic E-state index is 0.0164. The summed E-state index contributed by atoms with van der Waals surface area (Å²) in [4.78, 5) is 1.40. The van der Waals surface area contributed by atoms with Crippen LogP contribution in [0.5, 0.6) is 0 Å². The van der Waals surface area contributed by atoms with Gasteiger partial charge in [-0.05, 0) is 49.6 Å². The fraction of sp³-hybridized carbons (Fsp3) is 0.692. The maximum atomic E-state index is 9.68. The van der Waals surface area contributed by atoms with Crippen LogP contribution in [0.4, 0.5) is 0 Å². The van der Waals surface area contributed by atoms with Crippen LogP contribution in [0.15, 0.2) is 17.5 Å². The van der Waals surface area contributed by atoms with Crippen LogP contribution in [0.25, 0.3) is 0 Å². The molecule has 2 unspecified atom stereocenters. The van der Waals surface area contributed by atoms with Crippen molar-refractivity contribution in [1.82, 2.24) is 5.32 Å². The van der Waals surface area contributed by atoms with Gasteiger partial charge >= 0.3 is 0 Å². The molecule has 0 amide bonds. The second-order valence-corrected chi connectivity index (χ2v) is 5.69. The van der Waals surface area contributed by atoms with Crippen LogP contribution in [0.3, 0.4) is 0 Å². The number of rotatable bonds is 6. The van der Waals surface area contributed by atoms with E-state index in [0.717, 1.165) is 19.5 Å². The Morgan fingerprint density at radius 2 is 2.38 bits per heavy atom. The minimum atomic E-state index is -0.0164. The van der Waals surface area contributed by atoms with E-state index in [4.69, 9.17) is 0 Å². The lowest BCUT2D eigenvalue weighted by atomic mass is 10.00. The summed E-state index contributed by atoms with van der Waals surface area (Å²) in [5, 5.41) is 15.2. The molecule has 2 rings (SSSR count). The fourth-order valence-electron chi connectivity index (χ4n) is 2.47. The molecule has 1 aliphatic carbocycles. The molecule has 0 aliphatic heterocycles. The quantitative estimate of drug-likeness (QED) is 0.748. The van der Waals surface area contributed by atoms with Crippen LogP contribution in [-0.4, -0.2) is 17.8 Å². The lowest BCUT2D eigenvalue weighted by molar-refractivity contribution is 0.127. The fourth-order valence-corrected chi connectivity index (χ4v) is 3.14. The van der Waals surface area contributed by atoms with Crippen molar-refractivity contribution in [2.45, 2.75) is 44.8 Å². The number of aliphatic hydroxyl groups excluding tert-OH is 1. The summed E-state index contributed by atoms with van der Waals surface area (Å²) in [6, 6.07) is 4.26. The lowest BCUT2D eigenvalue weighted by Gasteiger charge is -2.13. The van der Waals surface area contributed by atoms with Crippen molar-refractivity contribution in [2.75, 3.05) is 6.54 Å². The van der Waals surface area contributed by atoms with E-state index in [9.17, 15) is 5.11 Å². The summed E-state index contributed by atoms with van der Waals surface area (Å²) in [5.41, 5.74) is 0. The van der Waals surface area contributed by atoms with Crippen LogP contribution in [-0.2, 0) is 6.54 Å². The van der Waals surface area contributed by atoms with Gasteiger partial charge in [-0.1, -0.05) is 12.5 Å². The molecular formula is C13H21NOS. The molecule has 0 bridgehead atoms. The van der Waals surface area contributed by atoms with Gasteiger partial charge in [0.1, 0.15) is 0 Å². The summed E-state index contributed by atoms with van der Waals surface area (Å²) in [6.45, 7) is 2.06. The molecule has 3 heteroatoms. The maximum Gasteiger partial charge on any atom is 0.0568 e. The van der Waals surface area contributed by atoms with Crippen LogP contribution < -0.4 is 5.32 Å². The first kappa shape index (κ1) is 12.1. The Balaban J connectivity index is 1.52. The third-order valence-electron chi connectivity index (χ3n) is 3.43. The van der Waals surface area contributed by atoms with Gasteiger partial charge in [0.2, 0.25) is 0 Å². The van der Waals surface area contributed by atoms with Crippen molar-refractivity contribution < 1.29 is 5.11 Å². The predicted octanol–water partition coefficient (Wildman–Crippen LogP) is 2.78. The monoisotopic (exact) mass is 239 g/mol. The van der Waals surface area contributed by atoms with Gasteiger partial charge in [-0.2, -0.15) is 0 Å². The van der Waals surface area contributed by atoms with Gasteiger partial charge in [-0.25, -0.2) is 0 Å². The molecule has 90 valence electrons. The highest BCUT2D eigenvalue weighted by Gasteiger charge is 2.24. The Morgan fingerprint density at radius 3 is 3.06 bits per heavy atom. The molecule has 16 heavy (non-hydrogen) atoms. The summed E-state index contributed by atoms with van der Waals surface area (Å²) in [5.74, 6) is 0.573. The van der Waals surface area contributed by atoms with Crippen molar-refractivity contribution >= 4 is 11.3 Å². The number of thiophene rings is 1. The van der Waals surface area contributed by atoms with E-state index in [1.54, 1.807) is 11.3 Å². The van der Waals surface area contributed by atoms with Gasteiger partial charge in [0.15, 0.2) is 0 Å². The summed E-state index contributed by atoms with van der Waals surface area (Å²) >= 11 is 1.80. The molecule has 1 heterocycles. The first-order chi connectivity index (χ1) is 7.86. The van der Waals surface area contributed by atoms with Crippen molar-refractivity contribution in [3.8, 4) is 0 Å². The van der Waals surface area contributed by atoms with E-state index in [1.165, 1.54) is 30.6 Å². The second kappa shape index (κ2) is 6.38. The molecule has 2 N–H and O–H groups in total. The topological polar surface area (TPSA) is 32.3 Å². The highest BCUT2D eigenvalue weighted by molar-refractivity contribution is 7.09. The van der Waals surface area contributed by atoms with Crippen LogP contribution >= 0.6 is 11.3 Å². The molecule has 1 aliphatic rings. The van der Waals surface area contributed by atoms with Crippen LogP contribution in [0.2, 0.25) is 0 Å². The van der Waals surface area contributed by atoms with Crippen LogP contribution in [0.1, 0.15) is 37.0 Å². The van der Waals surface area contributed by atoms with Gasteiger partial charge < -0.3 is 10.4 Å². The Kier molecular flexibility index (Phi) is 4.82. The third-order valence-corrected chi connectivity index (χ3v) is 4.30. The maximum absolute atomic E-state index is 9.68. The molecule has 1 fully saturated rings. The van der Waals surface area contributed by atoms with E-state index in [-0.39, 0.29) is 6.10 Å². The van der Waals surface area contributed by atoms with E-state index < -0.39 is 0 Å². The SMILES string of the molecule is OC1CCCC1CCCNCc1cccs1. The summed E-state index contributed by atoms with van der Waals surface area (Å²) in [6.07, 6.45) is 5.82. The first-order valence-electron chi connectivity index (χ1n) is 6.27. The van der Waals surface area contributed by atoms with Gasteiger partial charge in [0, 0.05) is 11.4 Å². The van der Waals surface area contributed by atoms with Gasteiger partial charge in [-0.3, -0.25) is 0 Å². The van der Waals surface area contributed by atoms with E-state index in [1.807, 2.05) is 0 Å². The average Bonchev–Trinajstić information content (AvgIpc) is 2.90. The van der Waals surface area contributed by atoms with E-state index >= 15 is 0 Å². The lowest BCUT2D eigenvalue weighted by Crippen LogP contribution is -2.18. The van der Waals surface area contributed by atoms with Crippen molar-refractivity contribution in [2.24, 2.45) is 5.92 Å². The normalized spacial score (nSPS) is 25.1. The Morgan fingerprint density at radius 1 is 1.44 bits per heavy atom. The first-order valence-corrected chi connectivity index (χ1v) is 7.15. The van der Waals surface area contributed by atoms with Gasteiger partial charge in [0.25, 0.3) is 0 Å². The molecular weight excluding hydrogens is 218 g/mol. The molecule has 2 nitrogen and oxygen atoms in total. The molecule has 1 aromatic heterocycles. The van der Waals surface area contributed by atoms with Crippen molar-refractivity contribution in [3.05, 3.63) is 22.4 Å². The third kappa shape index (κ3) is 3.58. The standard InChI is InChI=1S/C13H21NOS/c15-13-7-1-4-11(13)5-2-8-14-10-12-6-3-9-16-12/h3,6,9,11,13-15H,1-2,4-5,7-8,10H2. The highest BCUT2D eigenvalue weighted by atomic mass is 32.1. The number of hydrogen-bond acceptors (Lipinski definition) is 3. The van der Waals surface area contributed by atoms with E-state index in [0.29, 0.717) is 5.92 Å². The van der Waals surface area contributed by atoms with Crippen LogP contribution in [0, 0.1) is 5.92 Å². The Hall–Kier alpha value is -0.380. The Bertz CT molecular complexity index is 286. The zero-order valence-electron chi connectivity index (χ0n) is 9.69. The zero-order valence-corrected chi connectivity index (χ0v) is 10.5. The minimum Gasteiger partial charge on any atom is -0.393 e. The number of hydrogen-bond donors (Lipinski definition) is 2.